The van der Waals surface area contributed by atoms with Gasteiger partial charge in [0.2, 0.25) is 17.5 Å². The van der Waals surface area contributed by atoms with Crippen molar-refractivity contribution in [1.29, 1.82) is 0 Å². The first-order valence-electron chi connectivity index (χ1n) is 34.9. The summed E-state index contributed by atoms with van der Waals surface area (Å²) >= 11 is 0. The monoisotopic (exact) mass is 1480 g/mol. The fourth-order valence-corrected chi connectivity index (χ4v) is 14.4. The summed E-state index contributed by atoms with van der Waals surface area (Å²) in [4.78, 5) is 117. The van der Waals surface area contributed by atoms with E-state index in [2.05, 4.69) is 82.7 Å². The Kier molecular flexibility index (Phi) is 29.6. The number of nitrogens with zero attached hydrogens (tertiary/aromatic N) is 2. The van der Waals surface area contributed by atoms with Crippen molar-refractivity contribution >= 4 is 90.6 Å². The van der Waals surface area contributed by atoms with Crippen LogP contribution >= 0.6 is 0 Å². The summed E-state index contributed by atoms with van der Waals surface area (Å²) < 4.78 is 75.0. The number of ether oxygens (including phenoxy) is 1. The van der Waals surface area contributed by atoms with E-state index in [0.29, 0.717) is 61.4 Å². The van der Waals surface area contributed by atoms with E-state index in [4.69, 9.17) is 9.84 Å². The number of anilines is 1. The van der Waals surface area contributed by atoms with Crippen molar-refractivity contribution in [1.82, 2.24) is 21.3 Å². The highest BCUT2D eigenvalue weighted by Gasteiger charge is 2.45. The Bertz CT molecular complexity index is 4200. The molecule has 4 amide bonds. The molecule has 1 aliphatic carbocycles. The third kappa shape index (κ3) is 24.5. The Morgan fingerprint density at radius 3 is 1.88 bits per heavy atom. The van der Waals surface area contributed by atoms with Crippen LogP contribution < -0.4 is 30.9 Å². The number of para-hydroxylation sites is 2. The van der Waals surface area contributed by atoms with E-state index < -0.39 is 115 Å². The Morgan fingerprint density at radius 2 is 1.22 bits per heavy atom. The maximum Gasteiger partial charge on any atom is 0.326 e. The van der Waals surface area contributed by atoms with E-state index in [0.717, 1.165) is 51.5 Å². The minimum atomic E-state index is -4.17. The Morgan fingerprint density at radius 1 is 0.596 bits per heavy atom. The van der Waals surface area contributed by atoms with Crippen molar-refractivity contribution in [3.05, 3.63) is 172 Å². The molecule has 4 aromatic carbocycles. The summed E-state index contributed by atoms with van der Waals surface area (Å²) in [6.07, 6.45) is 9.30. The van der Waals surface area contributed by atoms with Gasteiger partial charge in [-0.25, -0.2) is 14.4 Å². The summed E-state index contributed by atoms with van der Waals surface area (Å²) in [5, 5.41) is 48.7. The number of nitrogens with one attached hydrogen (secondary N) is 4. The summed E-state index contributed by atoms with van der Waals surface area (Å²) in [6.45, 7) is 9.40. The van der Waals surface area contributed by atoms with Gasteiger partial charge in [0, 0.05) is 92.5 Å². The molecule has 0 spiro atoms. The molecule has 0 unspecified atom stereocenters. The molecule has 560 valence electrons. The van der Waals surface area contributed by atoms with Gasteiger partial charge in [0.25, 0.3) is 20.2 Å². The van der Waals surface area contributed by atoms with Crippen LogP contribution in [0.1, 0.15) is 159 Å². The van der Waals surface area contributed by atoms with Gasteiger partial charge in [-0.3, -0.25) is 37.9 Å². The molecule has 104 heavy (non-hydrogen) atoms. The number of allylic oxidation sites excluding steroid dienone is 7. The average Bonchev–Trinajstić information content (AvgIpc) is 1.60. The van der Waals surface area contributed by atoms with E-state index in [1.807, 2.05) is 48.6 Å². The van der Waals surface area contributed by atoms with Gasteiger partial charge in [-0.15, -0.1) is 0 Å². The molecule has 7 rings (SSSR count). The second kappa shape index (κ2) is 37.7. The molecule has 0 saturated carbocycles. The van der Waals surface area contributed by atoms with Crippen molar-refractivity contribution < 1.29 is 98.8 Å². The van der Waals surface area contributed by atoms with Gasteiger partial charge in [-0.2, -0.15) is 21.4 Å². The van der Waals surface area contributed by atoms with Gasteiger partial charge in [0.15, 0.2) is 11.5 Å². The molecule has 4 atom stereocenters. The lowest BCUT2D eigenvalue weighted by Gasteiger charge is -2.27. The lowest BCUT2D eigenvalue weighted by atomic mass is 9.81. The molecule has 4 aromatic rings. The quantitative estimate of drug-likeness (QED) is 0.0112. The van der Waals surface area contributed by atoms with Crippen molar-refractivity contribution in [3.63, 3.8) is 0 Å². The first kappa shape index (κ1) is 81.7. The number of amides is 4. The fourth-order valence-electron chi connectivity index (χ4n) is 13.3. The number of Topliss-reactive ketones (excluding diaryl/α,β-unsaturated/α-hetero) is 2. The molecule has 0 fully saturated rings. The number of rotatable bonds is 42. The lowest BCUT2D eigenvalue weighted by Crippen LogP contribution is -2.47. The lowest BCUT2D eigenvalue weighted by molar-refractivity contribution is -0.438. The van der Waals surface area contributed by atoms with Crippen molar-refractivity contribution in [2.75, 3.05) is 36.0 Å². The minimum Gasteiger partial charge on any atom is -0.481 e. The Hall–Kier alpha value is -9.64. The number of hydrogen-bond acceptors (Lipinski definition) is 15. The van der Waals surface area contributed by atoms with Crippen LogP contribution in [0, 0.1) is 5.92 Å². The number of aliphatic carboxylic acids is 4. The zero-order valence-corrected chi connectivity index (χ0v) is 60.6. The molecule has 10 N–H and O–H groups in total. The zero-order valence-electron chi connectivity index (χ0n) is 59.0. The van der Waals surface area contributed by atoms with E-state index in [-0.39, 0.29) is 101 Å². The van der Waals surface area contributed by atoms with Crippen LogP contribution in [0.5, 0.6) is 5.75 Å². The first-order chi connectivity index (χ1) is 49.2. The SMILES string of the molecule is CC1(C)C(=CC=C2CCCC(C=CC3=[N+](CCCCS(=O)(=O)O)c4ccccc4C3(C)C)=C2Oc2ccc(C[C@H](NC(=O)[C@H](CC(=O)O)CC(=O)[C@H](Cc3ccccc3)NC(=O)CCCCC(=O)CC[C@H](NC(=O)NCCCC(=O)O)C(=O)O)C(=O)O)cc2)N(CCCCS(=O)(=O)O)c2ccccc21. The smallest absolute Gasteiger partial charge is 0.326 e. The standard InChI is InChI=1S/C76H94N6O20S2/c1-75(2)57-25-9-11-27-62(57)81(42-14-16-44-103(96,97)98)65(75)39-33-52-22-18-23-53(34-40-66-76(3,4)58-26-10-12-28-63(58)82(66)43-15-17-45-104(99,100)101)70(52)102-56-36-31-51(32-37-56)47-61(73(93)94)79-71(90)54(49-69(88)89)48-64(84)60(46-50-20-6-5-7-21-50)78-67(85)29-13-8-24-55(83)35-38-59(72(91)92)80-74(95)77-41-19-30-68(86)87/h5-7,9-12,20-21,25-28,31-34,36-37,39-40,54,59-61H,8,13-19,22-24,29-30,35,38,41-49H2,1-4H3,(H9-,77,78,79,80,85,86,87,88,89,90,91,92,93,94,95,96,97,98,99,100,101)/p+1/t54-,59-,60-,61-/m0/s1. The molecule has 2 aliphatic heterocycles. The van der Waals surface area contributed by atoms with E-state index in [1.165, 1.54) is 0 Å². The van der Waals surface area contributed by atoms with E-state index in [9.17, 15) is 84.4 Å². The molecular weight excluding hydrogens is 1380 g/mol. The second-order valence-corrected chi connectivity index (χ2v) is 30.6. The highest BCUT2D eigenvalue weighted by molar-refractivity contribution is 7.86. The molecule has 26 nitrogen and oxygen atoms in total. The second-order valence-electron chi connectivity index (χ2n) is 27.4. The highest BCUT2D eigenvalue weighted by atomic mass is 32.2. The summed E-state index contributed by atoms with van der Waals surface area (Å²) in [7, 11) is -8.34. The third-order valence-electron chi connectivity index (χ3n) is 18.7. The van der Waals surface area contributed by atoms with Crippen LogP contribution in [0.2, 0.25) is 0 Å². The number of carboxylic acids is 4. The minimum absolute atomic E-state index is 0.0119. The largest absolute Gasteiger partial charge is 0.481 e. The number of carboxylic acid groups (broad SMARTS) is 4. The van der Waals surface area contributed by atoms with Gasteiger partial charge in [-0.1, -0.05) is 98.8 Å². The fraction of sp³-hybridized carbons (Fsp3) is 0.447. The molecule has 2 heterocycles. The predicted octanol–water partition coefficient (Wildman–Crippen LogP) is 9.50. The molecule has 0 radical (unpaired) electrons. The number of carbonyl (C=O) groups excluding carboxylic acids is 5. The summed E-state index contributed by atoms with van der Waals surface area (Å²) in [5.74, 6) is -9.41. The molecule has 0 saturated heterocycles. The van der Waals surface area contributed by atoms with Crippen LogP contribution in [0.15, 0.2) is 150 Å². The normalized spacial score (nSPS) is 16.7. The molecule has 3 aliphatic rings. The summed E-state index contributed by atoms with van der Waals surface area (Å²) in [5.41, 5.74) is 7.76. The van der Waals surface area contributed by atoms with Gasteiger partial charge in [0.05, 0.1) is 35.3 Å². The molecule has 28 heteroatoms. The van der Waals surface area contributed by atoms with Crippen LogP contribution in [0.3, 0.4) is 0 Å². The number of urea groups is 1. The number of carbonyl (C=O) groups is 9. The topological polar surface area (TPSA) is 407 Å². The van der Waals surface area contributed by atoms with Gasteiger partial charge in [0.1, 0.15) is 35.9 Å². The van der Waals surface area contributed by atoms with E-state index >= 15 is 0 Å². The van der Waals surface area contributed by atoms with Gasteiger partial charge >= 0.3 is 29.9 Å². The molecular formula is C76H95N6O20S2+. The number of unbranched alkanes of at least 4 members (excludes halogenated alkanes) is 3. The Balaban J connectivity index is 1.08. The van der Waals surface area contributed by atoms with Gasteiger partial charge < -0.3 is 51.3 Å². The van der Waals surface area contributed by atoms with Crippen molar-refractivity contribution in [3.8, 4) is 5.75 Å². The van der Waals surface area contributed by atoms with Crippen molar-refractivity contribution in [2.45, 2.75) is 179 Å². The first-order valence-corrected chi connectivity index (χ1v) is 38.2. The maximum atomic E-state index is 14.2. The number of fused-ring (bicyclic) bond motifs is 2. The number of hydrogen-bond donors (Lipinski definition) is 10. The van der Waals surface area contributed by atoms with Crippen molar-refractivity contribution in [2.24, 2.45) is 5.92 Å². The molecule has 0 bridgehead atoms. The third-order valence-corrected chi connectivity index (χ3v) is 20.4. The average molecular weight is 1480 g/mol. The highest BCUT2D eigenvalue weighted by Crippen LogP contribution is 2.48. The van der Waals surface area contributed by atoms with Crippen LogP contribution in [0.4, 0.5) is 16.2 Å². The maximum absolute atomic E-state index is 14.2. The van der Waals surface area contributed by atoms with Crippen LogP contribution in [-0.2, 0) is 82.3 Å². The number of ketones is 2. The Labute approximate surface area is 606 Å². The zero-order chi connectivity index (χ0) is 75.9. The van der Waals surface area contributed by atoms with Gasteiger partial charge in [-0.05, 0) is 143 Å². The predicted molar refractivity (Wildman–Crippen MR) is 389 cm³/mol. The van der Waals surface area contributed by atoms with Crippen LogP contribution in [-0.4, -0.2) is 159 Å². The summed E-state index contributed by atoms with van der Waals surface area (Å²) in [6, 6.07) is 26.1. The number of benzene rings is 4. The molecule has 0 aromatic heterocycles. The van der Waals surface area contributed by atoms with E-state index in [1.54, 1.807) is 54.6 Å². The van der Waals surface area contributed by atoms with Crippen LogP contribution in [0.25, 0.3) is 0 Å².